The van der Waals surface area contributed by atoms with Gasteiger partial charge in [-0.2, -0.15) is 0 Å². The Kier molecular flexibility index (Phi) is 2.30. The summed E-state index contributed by atoms with van der Waals surface area (Å²) in [5.41, 5.74) is 8.54. The second-order valence-electron chi connectivity index (χ2n) is 3.42. The molecule has 2 N–H and O–H groups in total. The van der Waals surface area contributed by atoms with E-state index in [9.17, 15) is 0 Å². The van der Waals surface area contributed by atoms with Crippen molar-refractivity contribution in [3.63, 3.8) is 0 Å². The van der Waals surface area contributed by atoms with Gasteiger partial charge in [-0.1, -0.05) is 0 Å². The van der Waals surface area contributed by atoms with Crippen LogP contribution < -0.4 is 10.5 Å². The van der Waals surface area contributed by atoms with Crippen LogP contribution in [0.25, 0.3) is 0 Å². The fraction of sp³-hybridized carbons (Fsp3) is 0.400. The van der Waals surface area contributed by atoms with Crippen molar-refractivity contribution in [2.24, 2.45) is 5.73 Å². The van der Waals surface area contributed by atoms with Crippen LogP contribution in [0.5, 0.6) is 5.75 Å². The molecule has 2 nitrogen and oxygen atoms in total. The average Bonchev–Trinajstić information content (AvgIpc) is 2.42. The van der Waals surface area contributed by atoms with Gasteiger partial charge in [0.15, 0.2) is 0 Å². The van der Waals surface area contributed by atoms with E-state index in [2.05, 4.69) is 28.1 Å². The lowest BCUT2D eigenvalue weighted by atomic mass is 10.1. The number of halogens is 1. The first-order chi connectivity index (χ1) is 6.20. The Morgan fingerprint density at radius 2 is 2.00 bits per heavy atom. The smallest absolute Gasteiger partial charge is 0.133 e. The fourth-order valence-electron chi connectivity index (χ4n) is 1.81. The molecule has 0 aromatic heterocycles. The Morgan fingerprint density at radius 1 is 1.38 bits per heavy atom. The zero-order chi connectivity index (χ0) is 9.42. The first-order valence-electron chi connectivity index (χ1n) is 4.31. The average molecular weight is 242 g/mol. The minimum Gasteiger partial charge on any atom is -0.496 e. The van der Waals surface area contributed by atoms with Gasteiger partial charge in [0.25, 0.3) is 0 Å². The highest BCUT2D eigenvalue weighted by Gasteiger charge is 2.19. The molecule has 0 amide bonds. The van der Waals surface area contributed by atoms with Crippen LogP contribution in [-0.2, 0) is 12.8 Å². The quantitative estimate of drug-likeness (QED) is 0.816. The summed E-state index contributed by atoms with van der Waals surface area (Å²) in [6.07, 6.45) is 1.96. The Balaban J connectivity index is 2.44. The second kappa shape index (κ2) is 3.31. The van der Waals surface area contributed by atoms with Crippen LogP contribution >= 0.6 is 15.9 Å². The van der Waals surface area contributed by atoms with Crippen LogP contribution in [-0.4, -0.2) is 13.2 Å². The second-order valence-corrected chi connectivity index (χ2v) is 4.28. The first kappa shape index (κ1) is 9.03. The zero-order valence-corrected chi connectivity index (χ0v) is 9.10. The fourth-order valence-corrected chi connectivity index (χ4v) is 2.36. The molecule has 0 heterocycles. The lowest BCUT2D eigenvalue weighted by molar-refractivity contribution is 0.411. The molecule has 0 fully saturated rings. The first-order valence-corrected chi connectivity index (χ1v) is 5.11. The topological polar surface area (TPSA) is 35.2 Å². The van der Waals surface area contributed by atoms with Gasteiger partial charge in [-0.3, -0.25) is 0 Å². The van der Waals surface area contributed by atoms with E-state index in [-0.39, 0.29) is 6.04 Å². The minimum absolute atomic E-state index is 0.286. The van der Waals surface area contributed by atoms with Crippen molar-refractivity contribution in [2.75, 3.05) is 7.11 Å². The largest absolute Gasteiger partial charge is 0.496 e. The van der Waals surface area contributed by atoms with E-state index in [1.54, 1.807) is 7.11 Å². The third-order valence-corrected chi connectivity index (χ3v) is 3.06. The van der Waals surface area contributed by atoms with Crippen molar-refractivity contribution in [2.45, 2.75) is 18.9 Å². The van der Waals surface area contributed by atoms with E-state index in [1.165, 1.54) is 11.1 Å². The van der Waals surface area contributed by atoms with Crippen LogP contribution in [0.2, 0.25) is 0 Å². The van der Waals surface area contributed by atoms with Gasteiger partial charge in [0, 0.05) is 6.04 Å². The van der Waals surface area contributed by atoms with E-state index in [4.69, 9.17) is 10.5 Å². The van der Waals surface area contributed by atoms with Gasteiger partial charge >= 0.3 is 0 Å². The summed E-state index contributed by atoms with van der Waals surface area (Å²) in [6, 6.07) is 4.47. The molecular formula is C10H12BrNO. The third-order valence-electron chi connectivity index (χ3n) is 2.44. The normalized spacial score (nSPS) is 20.1. The molecule has 13 heavy (non-hydrogen) atoms. The summed E-state index contributed by atoms with van der Waals surface area (Å²) < 4.78 is 6.23. The highest BCUT2D eigenvalue weighted by atomic mass is 79.9. The summed E-state index contributed by atoms with van der Waals surface area (Å²) in [4.78, 5) is 0. The predicted molar refractivity (Wildman–Crippen MR) is 56.1 cm³/mol. The summed E-state index contributed by atoms with van der Waals surface area (Å²) in [5, 5.41) is 0. The van der Waals surface area contributed by atoms with Crippen molar-refractivity contribution in [1.82, 2.24) is 0 Å². The number of benzene rings is 1. The van der Waals surface area contributed by atoms with Gasteiger partial charge in [0.2, 0.25) is 0 Å². The van der Waals surface area contributed by atoms with Crippen molar-refractivity contribution in [1.29, 1.82) is 0 Å². The molecule has 1 atom stereocenters. The lowest BCUT2D eigenvalue weighted by Gasteiger charge is -2.05. The Morgan fingerprint density at radius 3 is 2.62 bits per heavy atom. The molecule has 70 valence electrons. The molecule has 1 aliphatic rings. The number of methoxy groups -OCH3 is 1. The van der Waals surface area contributed by atoms with Gasteiger partial charge in [-0.15, -0.1) is 0 Å². The Hall–Kier alpha value is -0.540. The maximum atomic E-state index is 5.87. The van der Waals surface area contributed by atoms with Crippen molar-refractivity contribution >= 4 is 15.9 Å². The standard InChI is InChI=1S/C10H12BrNO/c1-13-10-5-7-3-8(12)2-6(7)4-9(10)11/h4-5,8H,2-3,12H2,1H3. The number of ether oxygens (including phenoxy) is 1. The van der Waals surface area contributed by atoms with Gasteiger partial charge in [-0.05, 0) is 52.0 Å². The highest BCUT2D eigenvalue weighted by Crippen LogP contribution is 2.32. The number of fused-ring (bicyclic) bond motifs is 1. The Labute approximate surface area is 86.2 Å². The molecule has 0 spiro atoms. The molecule has 2 rings (SSSR count). The predicted octanol–water partition coefficient (Wildman–Crippen LogP) is 1.88. The van der Waals surface area contributed by atoms with E-state index >= 15 is 0 Å². The summed E-state index contributed by atoms with van der Waals surface area (Å²) in [6.45, 7) is 0. The SMILES string of the molecule is COc1cc2c(cc1Br)CC(N)C2. The summed E-state index contributed by atoms with van der Waals surface area (Å²) in [5.74, 6) is 0.896. The van der Waals surface area contributed by atoms with E-state index in [0.29, 0.717) is 0 Å². The van der Waals surface area contributed by atoms with Crippen LogP contribution in [0.15, 0.2) is 16.6 Å². The van der Waals surface area contributed by atoms with Gasteiger partial charge in [0.05, 0.1) is 11.6 Å². The van der Waals surface area contributed by atoms with Crippen molar-refractivity contribution in [3.8, 4) is 5.75 Å². The molecule has 1 unspecified atom stereocenters. The monoisotopic (exact) mass is 241 g/mol. The minimum atomic E-state index is 0.286. The molecule has 0 saturated heterocycles. The van der Waals surface area contributed by atoms with Crippen molar-refractivity contribution < 1.29 is 4.74 Å². The highest BCUT2D eigenvalue weighted by molar-refractivity contribution is 9.10. The maximum Gasteiger partial charge on any atom is 0.133 e. The lowest BCUT2D eigenvalue weighted by Crippen LogP contribution is -2.18. The van der Waals surface area contributed by atoms with E-state index in [0.717, 1.165) is 23.1 Å². The molecule has 1 aromatic carbocycles. The van der Waals surface area contributed by atoms with Gasteiger partial charge in [0.1, 0.15) is 5.75 Å². The molecular weight excluding hydrogens is 230 g/mol. The summed E-state index contributed by atoms with van der Waals surface area (Å²) in [7, 11) is 1.68. The van der Waals surface area contributed by atoms with Crippen LogP contribution in [0.1, 0.15) is 11.1 Å². The van der Waals surface area contributed by atoms with Crippen molar-refractivity contribution in [3.05, 3.63) is 27.7 Å². The third kappa shape index (κ3) is 1.58. The zero-order valence-electron chi connectivity index (χ0n) is 7.51. The van der Waals surface area contributed by atoms with Gasteiger partial charge in [-0.25, -0.2) is 0 Å². The summed E-state index contributed by atoms with van der Waals surface area (Å²) >= 11 is 3.46. The molecule has 1 aliphatic carbocycles. The van der Waals surface area contributed by atoms with Crippen LogP contribution in [0, 0.1) is 0 Å². The number of nitrogens with two attached hydrogens (primary N) is 1. The maximum absolute atomic E-state index is 5.87. The molecule has 0 saturated carbocycles. The number of hydrogen-bond donors (Lipinski definition) is 1. The van der Waals surface area contributed by atoms with Crippen LogP contribution in [0.4, 0.5) is 0 Å². The molecule has 0 bridgehead atoms. The number of rotatable bonds is 1. The van der Waals surface area contributed by atoms with Crippen LogP contribution in [0.3, 0.4) is 0 Å². The Bertz CT molecular complexity index is 338. The van der Waals surface area contributed by atoms with E-state index < -0.39 is 0 Å². The molecule has 0 aliphatic heterocycles. The molecule has 1 aromatic rings. The van der Waals surface area contributed by atoms with Gasteiger partial charge < -0.3 is 10.5 Å². The molecule has 0 radical (unpaired) electrons. The number of hydrogen-bond acceptors (Lipinski definition) is 2. The van der Waals surface area contributed by atoms with E-state index in [1.807, 2.05) is 0 Å². The molecule has 3 heteroatoms.